The molecule has 1 fully saturated rings. The SMILES string of the molecule is CC(C)(C)c1ccc(S(=O)(=O)N2CCN(c3ccc4ccccc4n3)CC2)cc1. The van der Waals surface area contributed by atoms with E-state index in [0.717, 1.165) is 22.3 Å². The summed E-state index contributed by atoms with van der Waals surface area (Å²) in [4.78, 5) is 7.25. The number of fused-ring (bicyclic) bond motifs is 1. The van der Waals surface area contributed by atoms with Gasteiger partial charge in [0.25, 0.3) is 0 Å². The summed E-state index contributed by atoms with van der Waals surface area (Å²) in [6.07, 6.45) is 0. The van der Waals surface area contributed by atoms with Crippen molar-refractivity contribution in [2.75, 3.05) is 31.1 Å². The van der Waals surface area contributed by atoms with Crippen molar-refractivity contribution in [3.05, 3.63) is 66.2 Å². The molecule has 1 aliphatic rings. The summed E-state index contributed by atoms with van der Waals surface area (Å²) in [7, 11) is -3.48. The van der Waals surface area contributed by atoms with Crippen LogP contribution in [-0.2, 0) is 15.4 Å². The smallest absolute Gasteiger partial charge is 0.243 e. The summed E-state index contributed by atoms with van der Waals surface area (Å²) in [6, 6.07) is 19.4. The molecule has 5 nitrogen and oxygen atoms in total. The van der Waals surface area contributed by atoms with Gasteiger partial charge in [-0.2, -0.15) is 4.31 Å². The molecule has 29 heavy (non-hydrogen) atoms. The lowest BCUT2D eigenvalue weighted by Crippen LogP contribution is -2.48. The van der Waals surface area contributed by atoms with Crippen molar-refractivity contribution in [3.8, 4) is 0 Å². The summed E-state index contributed by atoms with van der Waals surface area (Å²) in [5, 5.41) is 1.11. The zero-order chi connectivity index (χ0) is 20.6. The molecule has 0 radical (unpaired) electrons. The second-order valence-electron chi connectivity index (χ2n) is 8.53. The van der Waals surface area contributed by atoms with Gasteiger partial charge in [-0.1, -0.05) is 51.1 Å². The highest BCUT2D eigenvalue weighted by Gasteiger charge is 2.29. The minimum Gasteiger partial charge on any atom is -0.354 e. The second-order valence-corrected chi connectivity index (χ2v) is 10.5. The summed E-state index contributed by atoms with van der Waals surface area (Å²) in [5.41, 5.74) is 2.09. The van der Waals surface area contributed by atoms with E-state index in [1.807, 2.05) is 42.5 Å². The summed E-state index contributed by atoms with van der Waals surface area (Å²) < 4.78 is 27.7. The van der Waals surface area contributed by atoms with Crippen LogP contribution in [0.1, 0.15) is 26.3 Å². The molecule has 0 N–H and O–H groups in total. The number of anilines is 1. The fraction of sp³-hybridized carbons (Fsp3) is 0.348. The quantitative estimate of drug-likeness (QED) is 0.655. The van der Waals surface area contributed by atoms with Crippen LogP contribution in [0.2, 0.25) is 0 Å². The Hall–Kier alpha value is -2.44. The van der Waals surface area contributed by atoms with E-state index < -0.39 is 10.0 Å². The van der Waals surface area contributed by atoms with Crippen molar-refractivity contribution in [2.45, 2.75) is 31.1 Å². The number of benzene rings is 2. The Balaban J connectivity index is 1.48. The van der Waals surface area contributed by atoms with Crippen LogP contribution in [0.25, 0.3) is 10.9 Å². The van der Waals surface area contributed by atoms with Crippen LogP contribution >= 0.6 is 0 Å². The Morgan fingerprint density at radius 1 is 0.828 bits per heavy atom. The summed E-state index contributed by atoms with van der Waals surface area (Å²) >= 11 is 0. The van der Waals surface area contributed by atoms with E-state index >= 15 is 0 Å². The monoisotopic (exact) mass is 409 g/mol. The number of pyridine rings is 1. The van der Waals surface area contributed by atoms with Gasteiger partial charge in [0.1, 0.15) is 5.82 Å². The molecule has 152 valence electrons. The average Bonchev–Trinajstić information content (AvgIpc) is 2.73. The maximum absolute atomic E-state index is 13.1. The molecule has 4 rings (SSSR count). The van der Waals surface area contributed by atoms with Crippen LogP contribution in [0.15, 0.2) is 65.6 Å². The average molecular weight is 410 g/mol. The molecule has 0 amide bonds. The van der Waals surface area contributed by atoms with Gasteiger partial charge in [0.05, 0.1) is 10.4 Å². The molecule has 0 atom stereocenters. The molecular weight excluding hydrogens is 382 g/mol. The van der Waals surface area contributed by atoms with Gasteiger partial charge in [-0.25, -0.2) is 13.4 Å². The third-order valence-electron chi connectivity index (χ3n) is 5.50. The molecule has 0 unspecified atom stereocenters. The fourth-order valence-corrected chi connectivity index (χ4v) is 5.09. The number of aromatic nitrogens is 1. The van der Waals surface area contributed by atoms with Gasteiger partial charge >= 0.3 is 0 Å². The van der Waals surface area contributed by atoms with Crippen molar-refractivity contribution in [1.29, 1.82) is 0 Å². The maximum atomic E-state index is 13.1. The molecule has 2 heterocycles. The zero-order valence-electron chi connectivity index (χ0n) is 17.2. The molecule has 6 heteroatoms. The Morgan fingerprint density at radius 2 is 1.48 bits per heavy atom. The molecule has 0 spiro atoms. The number of nitrogens with zero attached hydrogens (tertiary/aromatic N) is 3. The first kappa shape index (κ1) is 19.9. The number of hydrogen-bond donors (Lipinski definition) is 0. The molecule has 1 aliphatic heterocycles. The van der Waals surface area contributed by atoms with Crippen molar-refractivity contribution < 1.29 is 8.42 Å². The first-order valence-corrected chi connectivity index (χ1v) is 11.4. The van der Waals surface area contributed by atoms with E-state index in [4.69, 9.17) is 4.98 Å². The normalized spacial score (nSPS) is 16.3. The lowest BCUT2D eigenvalue weighted by atomic mass is 9.87. The van der Waals surface area contributed by atoms with Gasteiger partial charge in [-0.3, -0.25) is 0 Å². The minimum absolute atomic E-state index is 0.000767. The molecule has 0 bridgehead atoms. The third-order valence-corrected chi connectivity index (χ3v) is 7.42. The van der Waals surface area contributed by atoms with Crippen LogP contribution in [-0.4, -0.2) is 43.9 Å². The first-order valence-electron chi connectivity index (χ1n) is 9.97. The van der Waals surface area contributed by atoms with Gasteiger partial charge in [0.15, 0.2) is 0 Å². The van der Waals surface area contributed by atoms with Gasteiger partial charge < -0.3 is 4.90 Å². The van der Waals surface area contributed by atoms with Crippen molar-refractivity contribution in [3.63, 3.8) is 0 Å². The predicted octanol–water partition coefficient (Wildman–Crippen LogP) is 4.04. The van der Waals surface area contributed by atoms with Gasteiger partial charge in [-0.15, -0.1) is 0 Å². The Bertz CT molecular complexity index is 1110. The molecule has 2 aromatic carbocycles. The molecule has 3 aromatic rings. The van der Waals surface area contributed by atoms with Crippen LogP contribution < -0.4 is 4.90 Å². The van der Waals surface area contributed by atoms with E-state index in [-0.39, 0.29) is 5.41 Å². The lowest BCUT2D eigenvalue weighted by molar-refractivity contribution is 0.384. The van der Waals surface area contributed by atoms with Gasteiger partial charge in [0, 0.05) is 31.6 Å². The number of hydrogen-bond acceptors (Lipinski definition) is 4. The van der Waals surface area contributed by atoms with Gasteiger partial charge in [0.2, 0.25) is 10.0 Å². The van der Waals surface area contributed by atoms with E-state index in [0.29, 0.717) is 31.1 Å². The zero-order valence-corrected chi connectivity index (χ0v) is 18.0. The highest BCUT2D eigenvalue weighted by Crippen LogP contribution is 2.26. The van der Waals surface area contributed by atoms with E-state index in [9.17, 15) is 8.42 Å². The van der Waals surface area contributed by atoms with E-state index in [1.165, 1.54) is 0 Å². The third kappa shape index (κ3) is 4.00. The van der Waals surface area contributed by atoms with Crippen molar-refractivity contribution >= 4 is 26.7 Å². The number of rotatable bonds is 3. The molecular formula is C23H27N3O2S. The largest absolute Gasteiger partial charge is 0.354 e. The standard InChI is InChI=1S/C23H27N3O2S/c1-23(2,3)19-9-11-20(12-10-19)29(27,28)26-16-14-25(15-17-26)22-13-8-18-6-4-5-7-21(18)24-22/h4-13H,14-17H2,1-3H3. The van der Waals surface area contributed by atoms with Crippen molar-refractivity contribution in [2.24, 2.45) is 0 Å². The van der Waals surface area contributed by atoms with Crippen LogP contribution in [0.3, 0.4) is 0 Å². The Labute approximate surface area is 173 Å². The minimum atomic E-state index is -3.48. The number of piperazine rings is 1. The molecule has 0 aliphatic carbocycles. The van der Waals surface area contributed by atoms with Gasteiger partial charge in [-0.05, 0) is 41.3 Å². The molecule has 1 aromatic heterocycles. The Kier molecular flexibility index (Phi) is 5.09. The lowest BCUT2D eigenvalue weighted by Gasteiger charge is -2.34. The van der Waals surface area contributed by atoms with E-state index in [1.54, 1.807) is 16.4 Å². The topological polar surface area (TPSA) is 53.5 Å². The summed E-state index contributed by atoms with van der Waals surface area (Å²) in [6.45, 7) is 8.54. The Morgan fingerprint density at radius 3 is 2.14 bits per heavy atom. The molecule has 1 saturated heterocycles. The fourth-order valence-electron chi connectivity index (χ4n) is 3.66. The predicted molar refractivity (Wildman–Crippen MR) is 118 cm³/mol. The highest BCUT2D eigenvalue weighted by molar-refractivity contribution is 7.89. The highest BCUT2D eigenvalue weighted by atomic mass is 32.2. The van der Waals surface area contributed by atoms with Crippen molar-refractivity contribution in [1.82, 2.24) is 9.29 Å². The maximum Gasteiger partial charge on any atom is 0.243 e. The first-order chi connectivity index (χ1) is 13.7. The van der Waals surface area contributed by atoms with Crippen LogP contribution in [0, 0.1) is 0 Å². The van der Waals surface area contributed by atoms with Crippen LogP contribution in [0.5, 0.6) is 0 Å². The summed E-state index contributed by atoms with van der Waals surface area (Å²) in [5.74, 6) is 0.898. The molecule has 0 saturated carbocycles. The number of para-hydroxylation sites is 1. The van der Waals surface area contributed by atoms with Crippen LogP contribution in [0.4, 0.5) is 5.82 Å². The second kappa shape index (κ2) is 7.43. The van der Waals surface area contributed by atoms with E-state index in [2.05, 4.69) is 31.7 Å². The number of sulfonamides is 1.